The van der Waals surface area contributed by atoms with Crippen molar-refractivity contribution in [3.8, 4) is 6.01 Å². The molecule has 0 unspecified atom stereocenters. The van der Waals surface area contributed by atoms with Crippen LogP contribution in [0, 0.1) is 0 Å². The fraction of sp³-hybridized carbons (Fsp3) is 0.750. The van der Waals surface area contributed by atoms with Crippen molar-refractivity contribution in [2.75, 3.05) is 17.7 Å². The highest BCUT2D eigenvalue weighted by molar-refractivity contribution is 5.33. The fourth-order valence-electron chi connectivity index (χ4n) is 2.24. The number of hydrogen-bond donors (Lipinski definition) is 2. The summed E-state index contributed by atoms with van der Waals surface area (Å²) in [5.41, 5.74) is 5.64. The Labute approximate surface area is 107 Å². The lowest BCUT2D eigenvalue weighted by Crippen LogP contribution is -2.20. The maximum atomic E-state index is 5.64. The number of nitrogens with one attached hydrogen (secondary N) is 1. The van der Waals surface area contributed by atoms with Crippen LogP contribution < -0.4 is 15.8 Å². The zero-order chi connectivity index (χ0) is 12.8. The van der Waals surface area contributed by atoms with Gasteiger partial charge in [-0.05, 0) is 19.8 Å². The molecular weight excluding hydrogens is 230 g/mol. The van der Waals surface area contributed by atoms with Crippen molar-refractivity contribution in [1.29, 1.82) is 0 Å². The second-order valence-electron chi connectivity index (χ2n) is 4.57. The summed E-state index contributed by atoms with van der Waals surface area (Å²) in [4.78, 5) is 12.2. The second kappa shape index (κ2) is 6.37. The number of hydrogen-bond acceptors (Lipinski definition) is 6. The van der Waals surface area contributed by atoms with E-state index in [0.29, 0.717) is 24.6 Å². The molecular formula is C12H21N5O. The van der Waals surface area contributed by atoms with Crippen LogP contribution in [0.3, 0.4) is 0 Å². The van der Waals surface area contributed by atoms with E-state index in [1.165, 1.54) is 25.7 Å². The molecule has 1 fully saturated rings. The van der Waals surface area contributed by atoms with E-state index in [0.717, 1.165) is 12.8 Å². The number of rotatable bonds is 4. The van der Waals surface area contributed by atoms with Crippen molar-refractivity contribution >= 4 is 11.9 Å². The molecule has 0 bridgehead atoms. The SMILES string of the molecule is CCOc1nc(N)nc(NC2CCCCCC2)n1. The van der Waals surface area contributed by atoms with Gasteiger partial charge in [-0.2, -0.15) is 15.0 Å². The van der Waals surface area contributed by atoms with Crippen molar-refractivity contribution in [3.63, 3.8) is 0 Å². The average molecular weight is 251 g/mol. The standard InChI is InChI=1S/C12H21N5O/c1-2-18-12-16-10(13)15-11(17-12)14-9-7-5-3-4-6-8-9/h9H,2-8H2,1H3,(H3,13,14,15,16,17). The molecule has 1 aromatic heterocycles. The van der Waals surface area contributed by atoms with Crippen LogP contribution in [0.25, 0.3) is 0 Å². The van der Waals surface area contributed by atoms with E-state index < -0.39 is 0 Å². The molecule has 100 valence electrons. The van der Waals surface area contributed by atoms with Gasteiger partial charge in [0.25, 0.3) is 0 Å². The highest BCUT2D eigenvalue weighted by atomic mass is 16.5. The van der Waals surface area contributed by atoms with Crippen LogP contribution in [0.2, 0.25) is 0 Å². The van der Waals surface area contributed by atoms with Crippen LogP contribution in [0.5, 0.6) is 6.01 Å². The highest BCUT2D eigenvalue weighted by Crippen LogP contribution is 2.20. The van der Waals surface area contributed by atoms with Crippen molar-refractivity contribution in [3.05, 3.63) is 0 Å². The predicted octanol–water partition coefficient (Wildman–Crippen LogP) is 1.99. The molecule has 6 nitrogen and oxygen atoms in total. The molecule has 0 amide bonds. The Morgan fingerprint density at radius 1 is 1.17 bits per heavy atom. The average Bonchev–Trinajstić information content (AvgIpc) is 2.57. The van der Waals surface area contributed by atoms with Gasteiger partial charge < -0.3 is 15.8 Å². The van der Waals surface area contributed by atoms with Gasteiger partial charge in [-0.1, -0.05) is 25.7 Å². The minimum atomic E-state index is 0.199. The lowest BCUT2D eigenvalue weighted by atomic mass is 10.1. The maximum Gasteiger partial charge on any atom is 0.323 e. The molecule has 0 atom stereocenters. The van der Waals surface area contributed by atoms with Crippen LogP contribution in [0.4, 0.5) is 11.9 Å². The first kappa shape index (κ1) is 12.9. The number of nitrogen functional groups attached to an aromatic ring is 1. The summed E-state index contributed by atoms with van der Waals surface area (Å²) in [6.07, 6.45) is 7.49. The lowest BCUT2D eigenvalue weighted by Gasteiger charge is -2.16. The van der Waals surface area contributed by atoms with Crippen LogP contribution in [-0.4, -0.2) is 27.6 Å². The molecule has 1 aliphatic carbocycles. The van der Waals surface area contributed by atoms with Crippen LogP contribution in [-0.2, 0) is 0 Å². The molecule has 0 saturated heterocycles. The Morgan fingerprint density at radius 2 is 1.89 bits per heavy atom. The van der Waals surface area contributed by atoms with Crippen LogP contribution >= 0.6 is 0 Å². The zero-order valence-corrected chi connectivity index (χ0v) is 10.9. The monoisotopic (exact) mass is 251 g/mol. The largest absolute Gasteiger partial charge is 0.464 e. The van der Waals surface area contributed by atoms with Crippen LogP contribution in [0.15, 0.2) is 0 Å². The lowest BCUT2D eigenvalue weighted by molar-refractivity contribution is 0.312. The first-order chi connectivity index (χ1) is 8.78. The molecule has 3 N–H and O–H groups in total. The normalized spacial score (nSPS) is 17.2. The van der Waals surface area contributed by atoms with Crippen molar-refractivity contribution in [2.45, 2.75) is 51.5 Å². The highest BCUT2D eigenvalue weighted by Gasteiger charge is 2.14. The van der Waals surface area contributed by atoms with Gasteiger partial charge >= 0.3 is 6.01 Å². The minimum absolute atomic E-state index is 0.199. The van der Waals surface area contributed by atoms with Gasteiger partial charge in [-0.3, -0.25) is 0 Å². The molecule has 6 heteroatoms. The molecule has 0 aromatic carbocycles. The van der Waals surface area contributed by atoms with Crippen molar-refractivity contribution in [1.82, 2.24) is 15.0 Å². The zero-order valence-electron chi connectivity index (χ0n) is 10.9. The Kier molecular flexibility index (Phi) is 4.55. The number of nitrogens with zero attached hydrogens (tertiary/aromatic N) is 3. The molecule has 0 radical (unpaired) electrons. The van der Waals surface area contributed by atoms with E-state index in [1.54, 1.807) is 0 Å². The number of anilines is 2. The van der Waals surface area contributed by atoms with Crippen molar-refractivity contribution < 1.29 is 4.74 Å². The molecule has 1 aliphatic rings. The summed E-state index contributed by atoms with van der Waals surface area (Å²) in [6.45, 7) is 2.41. The second-order valence-corrected chi connectivity index (χ2v) is 4.57. The Balaban J connectivity index is 2.02. The molecule has 1 aromatic rings. The molecule has 0 aliphatic heterocycles. The summed E-state index contributed by atoms with van der Waals surface area (Å²) in [6, 6.07) is 0.727. The molecule has 2 rings (SSSR count). The third kappa shape index (κ3) is 3.72. The molecule has 18 heavy (non-hydrogen) atoms. The summed E-state index contributed by atoms with van der Waals surface area (Å²) >= 11 is 0. The predicted molar refractivity (Wildman–Crippen MR) is 70.5 cm³/mol. The third-order valence-electron chi connectivity index (χ3n) is 3.09. The smallest absolute Gasteiger partial charge is 0.323 e. The Bertz CT molecular complexity index is 377. The van der Waals surface area contributed by atoms with Gasteiger partial charge in [0, 0.05) is 6.04 Å². The summed E-state index contributed by atoms with van der Waals surface area (Å²) in [5, 5.41) is 3.34. The number of aromatic nitrogens is 3. The molecule has 1 heterocycles. The fourth-order valence-corrected chi connectivity index (χ4v) is 2.24. The quantitative estimate of drug-likeness (QED) is 0.796. The van der Waals surface area contributed by atoms with Gasteiger partial charge in [0.2, 0.25) is 11.9 Å². The van der Waals surface area contributed by atoms with Gasteiger partial charge in [0.05, 0.1) is 6.61 Å². The Hall–Kier alpha value is -1.59. The maximum absolute atomic E-state index is 5.64. The minimum Gasteiger partial charge on any atom is -0.464 e. The third-order valence-corrected chi connectivity index (χ3v) is 3.09. The molecule has 0 spiro atoms. The first-order valence-corrected chi connectivity index (χ1v) is 6.69. The molecule has 1 saturated carbocycles. The van der Waals surface area contributed by atoms with Gasteiger partial charge in [-0.25, -0.2) is 0 Å². The van der Waals surface area contributed by atoms with E-state index >= 15 is 0 Å². The Morgan fingerprint density at radius 3 is 2.56 bits per heavy atom. The van der Waals surface area contributed by atoms with E-state index in [2.05, 4.69) is 20.3 Å². The number of nitrogens with two attached hydrogens (primary N) is 1. The van der Waals surface area contributed by atoms with Gasteiger partial charge in [-0.15, -0.1) is 0 Å². The van der Waals surface area contributed by atoms with Gasteiger partial charge in [0.15, 0.2) is 0 Å². The van der Waals surface area contributed by atoms with E-state index in [-0.39, 0.29) is 5.95 Å². The van der Waals surface area contributed by atoms with Gasteiger partial charge in [0.1, 0.15) is 0 Å². The van der Waals surface area contributed by atoms with E-state index in [9.17, 15) is 0 Å². The number of ether oxygens (including phenoxy) is 1. The van der Waals surface area contributed by atoms with Crippen LogP contribution in [0.1, 0.15) is 45.4 Å². The first-order valence-electron chi connectivity index (χ1n) is 6.69. The van der Waals surface area contributed by atoms with E-state index in [1.807, 2.05) is 6.92 Å². The summed E-state index contributed by atoms with van der Waals surface area (Å²) in [5.74, 6) is 0.724. The van der Waals surface area contributed by atoms with Crippen molar-refractivity contribution in [2.24, 2.45) is 0 Å². The topological polar surface area (TPSA) is 86.0 Å². The summed E-state index contributed by atoms with van der Waals surface area (Å²) in [7, 11) is 0. The summed E-state index contributed by atoms with van der Waals surface area (Å²) < 4.78 is 5.26. The van der Waals surface area contributed by atoms with E-state index in [4.69, 9.17) is 10.5 Å².